The Morgan fingerprint density at radius 3 is 2.79 bits per heavy atom. The van der Waals surface area contributed by atoms with Crippen molar-refractivity contribution in [3.63, 3.8) is 0 Å². The van der Waals surface area contributed by atoms with E-state index in [2.05, 4.69) is 47.9 Å². The zero-order valence-electron chi connectivity index (χ0n) is 17.2. The van der Waals surface area contributed by atoms with Crippen LogP contribution in [0.5, 0.6) is 0 Å². The van der Waals surface area contributed by atoms with E-state index in [4.69, 9.17) is 4.99 Å². The lowest BCUT2D eigenvalue weighted by atomic mass is 9.97. The Labute approximate surface area is 169 Å². The van der Waals surface area contributed by atoms with Gasteiger partial charge >= 0.3 is 0 Å². The minimum absolute atomic E-state index is 0.273. The van der Waals surface area contributed by atoms with E-state index < -0.39 is 0 Å². The Bertz CT molecular complexity index is 710. The van der Waals surface area contributed by atoms with E-state index in [1.807, 2.05) is 4.90 Å². The van der Waals surface area contributed by atoms with E-state index >= 15 is 0 Å². The highest BCUT2D eigenvalue weighted by Gasteiger charge is 2.19. The molecule has 1 aromatic carbocycles. The van der Waals surface area contributed by atoms with Gasteiger partial charge in [-0.2, -0.15) is 0 Å². The van der Waals surface area contributed by atoms with Crippen molar-refractivity contribution in [3.05, 3.63) is 47.0 Å². The van der Waals surface area contributed by atoms with Crippen LogP contribution in [0.4, 0.5) is 0 Å². The summed E-state index contributed by atoms with van der Waals surface area (Å²) >= 11 is 0. The molecular weight excluding hydrogens is 348 g/mol. The first-order chi connectivity index (χ1) is 13.7. The van der Waals surface area contributed by atoms with E-state index in [0.717, 1.165) is 38.4 Å². The van der Waals surface area contributed by atoms with Crippen LogP contribution in [0, 0.1) is 0 Å². The lowest BCUT2D eigenvalue weighted by Crippen LogP contribution is -2.37. The maximum Gasteiger partial charge on any atom is 0.222 e. The van der Waals surface area contributed by atoms with Crippen LogP contribution in [0.15, 0.2) is 40.9 Å². The smallest absolute Gasteiger partial charge is 0.222 e. The highest BCUT2D eigenvalue weighted by molar-refractivity contribution is 5.79. The molecule has 0 atom stereocenters. The van der Waals surface area contributed by atoms with Gasteiger partial charge < -0.3 is 15.5 Å². The van der Waals surface area contributed by atoms with Gasteiger partial charge in [0.05, 0.1) is 6.54 Å². The van der Waals surface area contributed by atoms with Gasteiger partial charge in [-0.25, -0.2) is 4.99 Å². The quantitative estimate of drug-likeness (QED) is 0.409. The van der Waals surface area contributed by atoms with Crippen LogP contribution in [0.25, 0.3) is 0 Å². The van der Waals surface area contributed by atoms with Crippen molar-refractivity contribution in [3.8, 4) is 0 Å². The minimum atomic E-state index is 0.273. The molecule has 1 aliphatic carbocycles. The van der Waals surface area contributed by atoms with Crippen LogP contribution < -0.4 is 10.6 Å². The van der Waals surface area contributed by atoms with Gasteiger partial charge in [0.1, 0.15) is 0 Å². The van der Waals surface area contributed by atoms with Crippen LogP contribution in [0.2, 0.25) is 0 Å². The van der Waals surface area contributed by atoms with Gasteiger partial charge in [0.2, 0.25) is 5.91 Å². The average Bonchev–Trinajstić information content (AvgIpc) is 3.12. The van der Waals surface area contributed by atoms with Crippen LogP contribution in [0.3, 0.4) is 0 Å². The summed E-state index contributed by atoms with van der Waals surface area (Å²) < 4.78 is 0. The number of benzene rings is 1. The predicted molar refractivity (Wildman–Crippen MR) is 115 cm³/mol. The number of rotatable bonds is 8. The average molecular weight is 383 g/mol. The molecule has 5 nitrogen and oxygen atoms in total. The van der Waals surface area contributed by atoms with E-state index in [-0.39, 0.29) is 5.91 Å². The molecule has 152 valence electrons. The first-order valence-corrected chi connectivity index (χ1v) is 10.8. The third kappa shape index (κ3) is 6.39. The molecule has 1 saturated heterocycles. The Balaban J connectivity index is 1.52. The van der Waals surface area contributed by atoms with Crippen LogP contribution in [-0.4, -0.2) is 36.4 Å². The summed E-state index contributed by atoms with van der Waals surface area (Å²) in [5, 5.41) is 6.80. The van der Waals surface area contributed by atoms with Crippen molar-refractivity contribution in [1.82, 2.24) is 15.5 Å². The summed E-state index contributed by atoms with van der Waals surface area (Å²) in [6.07, 6.45) is 10.3. The Hall–Kier alpha value is -2.30. The summed E-state index contributed by atoms with van der Waals surface area (Å²) in [4.78, 5) is 18.5. The molecule has 1 aliphatic heterocycles. The largest absolute Gasteiger partial charge is 0.357 e. The monoisotopic (exact) mass is 382 g/mol. The number of amides is 1. The number of carbonyl (C=O) groups is 1. The molecular formula is C23H34N4O. The van der Waals surface area contributed by atoms with Crippen LogP contribution >= 0.6 is 0 Å². The second-order valence-electron chi connectivity index (χ2n) is 7.72. The molecule has 0 bridgehead atoms. The highest BCUT2D eigenvalue weighted by Crippen LogP contribution is 2.19. The van der Waals surface area contributed by atoms with Crippen LogP contribution in [-0.2, 0) is 17.9 Å². The summed E-state index contributed by atoms with van der Waals surface area (Å²) in [6.45, 7) is 6.10. The molecule has 0 saturated carbocycles. The fourth-order valence-corrected chi connectivity index (χ4v) is 3.90. The normalized spacial score (nSPS) is 17.6. The molecule has 5 heteroatoms. The third-order valence-corrected chi connectivity index (χ3v) is 5.42. The van der Waals surface area contributed by atoms with Gasteiger partial charge in [-0.15, -0.1) is 0 Å². The lowest BCUT2D eigenvalue weighted by molar-refractivity contribution is -0.128. The molecule has 0 aromatic heterocycles. The molecule has 1 fully saturated rings. The first kappa shape index (κ1) is 20.4. The number of hydrogen-bond acceptors (Lipinski definition) is 2. The van der Waals surface area contributed by atoms with E-state index in [1.165, 1.54) is 36.8 Å². The Kier molecular flexibility index (Phi) is 7.94. The van der Waals surface area contributed by atoms with E-state index in [1.54, 1.807) is 5.57 Å². The zero-order valence-corrected chi connectivity index (χ0v) is 17.2. The summed E-state index contributed by atoms with van der Waals surface area (Å²) in [6, 6.07) is 8.44. The molecule has 1 aromatic rings. The van der Waals surface area contributed by atoms with Gasteiger partial charge in [-0.1, -0.05) is 35.9 Å². The van der Waals surface area contributed by atoms with Gasteiger partial charge in [-0.3, -0.25) is 4.79 Å². The molecule has 1 heterocycles. The second-order valence-corrected chi connectivity index (χ2v) is 7.72. The van der Waals surface area contributed by atoms with Crippen molar-refractivity contribution in [1.29, 1.82) is 0 Å². The van der Waals surface area contributed by atoms with Crippen molar-refractivity contribution >= 4 is 11.9 Å². The Morgan fingerprint density at radius 2 is 2.04 bits per heavy atom. The van der Waals surface area contributed by atoms with E-state index in [0.29, 0.717) is 19.5 Å². The summed E-state index contributed by atoms with van der Waals surface area (Å²) in [7, 11) is 0. The number of allylic oxidation sites excluding steroid dienone is 1. The number of nitrogens with zero attached hydrogens (tertiary/aromatic N) is 2. The number of guanidine groups is 1. The molecule has 28 heavy (non-hydrogen) atoms. The number of likely N-dealkylation sites (tertiary alicyclic amines) is 1. The molecule has 0 unspecified atom stereocenters. The topological polar surface area (TPSA) is 56.7 Å². The number of nitrogens with one attached hydrogen (secondary N) is 2. The molecule has 1 amide bonds. The molecule has 0 spiro atoms. The van der Waals surface area contributed by atoms with Gasteiger partial charge in [0.15, 0.2) is 5.96 Å². The van der Waals surface area contributed by atoms with E-state index in [9.17, 15) is 4.79 Å². The first-order valence-electron chi connectivity index (χ1n) is 10.8. The van der Waals surface area contributed by atoms with Gasteiger partial charge in [0.25, 0.3) is 0 Å². The number of hydrogen-bond donors (Lipinski definition) is 2. The van der Waals surface area contributed by atoms with Crippen molar-refractivity contribution in [2.24, 2.45) is 4.99 Å². The second kappa shape index (κ2) is 10.9. The molecule has 2 aliphatic rings. The SMILES string of the molecule is CCNC(=NCc1cccc(CN2CCCC2=O)c1)NCCC1=CCCCC1. The fourth-order valence-electron chi connectivity index (χ4n) is 3.90. The number of aliphatic imine (C=N–C) groups is 1. The minimum Gasteiger partial charge on any atom is -0.357 e. The molecule has 2 N–H and O–H groups in total. The summed E-state index contributed by atoms with van der Waals surface area (Å²) in [5.41, 5.74) is 3.94. The van der Waals surface area contributed by atoms with Crippen molar-refractivity contribution in [2.75, 3.05) is 19.6 Å². The lowest BCUT2D eigenvalue weighted by Gasteiger charge is -2.16. The summed E-state index contributed by atoms with van der Waals surface area (Å²) in [5.74, 6) is 1.15. The van der Waals surface area contributed by atoms with Crippen molar-refractivity contribution in [2.45, 2.75) is 65.0 Å². The maximum absolute atomic E-state index is 11.8. The number of carbonyl (C=O) groups excluding carboxylic acids is 1. The third-order valence-electron chi connectivity index (χ3n) is 5.42. The standard InChI is InChI=1S/C23H34N4O/c1-2-24-23(25-14-13-19-8-4-3-5-9-19)26-17-20-10-6-11-21(16-20)18-27-15-7-12-22(27)28/h6,8,10-11,16H,2-5,7,9,12-15,17-18H2,1H3,(H2,24,25,26). The maximum atomic E-state index is 11.8. The van der Waals surface area contributed by atoms with Crippen LogP contribution in [0.1, 0.15) is 63.0 Å². The zero-order chi connectivity index (χ0) is 19.6. The molecule has 3 rings (SSSR count). The fraction of sp³-hybridized carbons (Fsp3) is 0.565. The van der Waals surface area contributed by atoms with Gasteiger partial charge in [0, 0.05) is 32.6 Å². The Morgan fingerprint density at radius 1 is 1.14 bits per heavy atom. The predicted octanol–water partition coefficient (Wildman–Crippen LogP) is 3.75. The van der Waals surface area contributed by atoms with Gasteiger partial charge in [-0.05, 0) is 56.6 Å². The highest BCUT2D eigenvalue weighted by atomic mass is 16.2. The molecule has 0 radical (unpaired) electrons. The van der Waals surface area contributed by atoms with Crippen molar-refractivity contribution < 1.29 is 4.79 Å².